The quantitative estimate of drug-likeness (QED) is 0.480. The summed E-state index contributed by atoms with van der Waals surface area (Å²) < 4.78 is 0. The number of aliphatic hydroxyl groups is 1. The average molecular weight is 283 g/mol. The molecule has 0 amide bonds. The van der Waals surface area contributed by atoms with E-state index in [4.69, 9.17) is 0 Å². The van der Waals surface area contributed by atoms with Crippen molar-refractivity contribution >= 4 is 0 Å². The Bertz CT molecular complexity index is 236. The normalized spacial score (nSPS) is 27.1. The van der Waals surface area contributed by atoms with E-state index in [9.17, 15) is 5.11 Å². The fourth-order valence-corrected chi connectivity index (χ4v) is 3.64. The summed E-state index contributed by atoms with van der Waals surface area (Å²) in [4.78, 5) is 0. The number of unbranched alkanes of at least 4 members (excludes halogenated alkanes) is 6. The standard InChI is InChI=1S/C19H38O/c1-17(2)13-9-7-5-4-6-8-11-15-19(3)16-12-10-14-18(19)20/h17-18,20H,4-16H2,1-3H3. The van der Waals surface area contributed by atoms with Crippen LogP contribution in [0.15, 0.2) is 0 Å². The van der Waals surface area contributed by atoms with Crippen LogP contribution in [-0.4, -0.2) is 11.2 Å². The zero-order chi connectivity index (χ0) is 14.8. The van der Waals surface area contributed by atoms with Gasteiger partial charge in [0, 0.05) is 0 Å². The van der Waals surface area contributed by atoms with Crippen LogP contribution < -0.4 is 0 Å². The topological polar surface area (TPSA) is 20.2 Å². The summed E-state index contributed by atoms with van der Waals surface area (Å²) in [6.07, 6.45) is 17.2. The molecule has 0 heterocycles. The van der Waals surface area contributed by atoms with Gasteiger partial charge in [-0.25, -0.2) is 0 Å². The van der Waals surface area contributed by atoms with Crippen molar-refractivity contribution in [1.82, 2.24) is 0 Å². The van der Waals surface area contributed by atoms with Gasteiger partial charge in [-0.1, -0.05) is 85.0 Å². The number of hydrogen-bond donors (Lipinski definition) is 1. The molecule has 2 atom stereocenters. The Kier molecular flexibility index (Phi) is 8.84. The predicted octanol–water partition coefficient (Wildman–Crippen LogP) is 6.09. The lowest BCUT2D eigenvalue weighted by Gasteiger charge is -2.38. The molecule has 1 rings (SSSR count). The minimum Gasteiger partial charge on any atom is -0.393 e. The molecule has 1 saturated carbocycles. The predicted molar refractivity (Wildman–Crippen MR) is 89.0 cm³/mol. The van der Waals surface area contributed by atoms with Crippen LogP contribution in [0.2, 0.25) is 0 Å². The molecule has 1 fully saturated rings. The maximum Gasteiger partial charge on any atom is 0.0593 e. The van der Waals surface area contributed by atoms with E-state index in [1.165, 1.54) is 77.0 Å². The minimum absolute atomic E-state index is 0.0349. The van der Waals surface area contributed by atoms with Gasteiger partial charge in [-0.2, -0.15) is 0 Å². The second kappa shape index (κ2) is 9.82. The number of hydrogen-bond acceptors (Lipinski definition) is 1. The summed E-state index contributed by atoms with van der Waals surface area (Å²) >= 11 is 0. The highest BCUT2D eigenvalue weighted by Gasteiger charge is 2.34. The highest BCUT2D eigenvalue weighted by molar-refractivity contribution is 4.85. The van der Waals surface area contributed by atoms with Crippen LogP contribution in [0.3, 0.4) is 0 Å². The van der Waals surface area contributed by atoms with Gasteiger partial charge in [-0.05, 0) is 30.6 Å². The van der Waals surface area contributed by atoms with Crippen LogP contribution in [-0.2, 0) is 0 Å². The van der Waals surface area contributed by atoms with Crippen molar-refractivity contribution in [2.45, 2.75) is 110 Å². The van der Waals surface area contributed by atoms with Crippen LogP contribution in [0.4, 0.5) is 0 Å². The second-order valence-corrected chi connectivity index (χ2v) is 7.82. The summed E-state index contributed by atoms with van der Waals surface area (Å²) in [7, 11) is 0. The molecule has 0 saturated heterocycles. The van der Waals surface area contributed by atoms with E-state index in [1.54, 1.807) is 0 Å². The molecule has 0 aliphatic heterocycles. The lowest BCUT2D eigenvalue weighted by atomic mass is 9.70. The van der Waals surface area contributed by atoms with E-state index in [0.29, 0.717) is 0 Å². The van der Waals surface area contributed by atoms with Crippen LogP contribution in [0.1, 0.15) is 104 Å². The molecule has 1 aliphatic carbocycles. The van der Waals surface area contributed by atoms with Gasteiger partial charge < -0.3 is 5.11 Å². The fourth-order valence-electron chi connectivity index (χ4n) is 3.64. The third-order valence-corrected chi connectivity index (χ3v) is 5.31. The minimum atomic E-state index is -0.0349. The van der Waals surface area contributed by atoms with Crippen molar-refractivity contribution in [1.29, 1.82) is 0 Å². The van der Waals surface area contributed by atoms with Crippen LogP contribution in [0.5, 0.6) is 0 Å². The van der Waals surface area contributed by atoms with E-state index >= 15 is 0 Å². The molecule has 0 aromatic heterocycles. The molecule has 0 radical (unpaired) electrons. The Hall–Kier alpha value is -0.0400. The van der Waals surface area contributed by atoms with Gasteiger partial charge in [0.05, 0.1) is 6.10 Å². The first kappa shape index (κ1) is 18.0. The summed E-state index contributed by atoms with van der Waals surface area (Å²) in [5.74, 6) is 0.873. The summed E-state index contributed by atoms with van der Waals surface area (Å²) in [5.41, 5.74) is 0.232. The molecule has 0 bridgehead atoms. The number of aliphatic hydroxyl groups excluding tert-OH is 1. The summed E-state index contributed by atoms with van der Waals surface area (Å²) in [6.45, 7) is 6.95. The van der Waals surface area contributed by atoms with Gasteiger partial charge in [0.25, 0.3) is 0 Å². The molecular weight excluding hydrogens is 244 g/mol. The molecule has 1 heteroatoms. The smallest absolute Gasteiger partial charge is 0.0593 e. The van der Waals surface area contributed by atoms with Gasteiger partial charge in [0.15, 0.2) is 0 Å². The van der Waals surface area contributed by atoms with Gasteiger partial charge in [-0.3, -0.25) is 0 Å². The van der Waals surface area contributed by atoms with E-state index < -0.39 is 0 Å². The molecule has 2 unspecified atom stereocenters. The SMILES string of the molecule is CC(C)CCCCCCCCCC1(C)CCCCC1O. The molecule has 0 spiro atoms. The zero-order valence-corrected chi connectivity index (χ0v) is 14.3. The van der Waals surface area contributed by atoms with E-state index in [1.807, 2.05) is 0 Å². The highest BCUT2D eigenvalue weighted by atomic mass is 16.3. The third-order valence-electron chi connectivity index (χ3n) is 5.31. The van der Waals surface area contributed by atoms with Crippen molar-refractivity contribution in [2.24, 2.45) is 11.3 Å². The second-order valence-electron chi connectivity index (χ2n) is 7.82. The molecule has 1 N–H and O–H groups in total. The lowest BCUT2D eigenvalue weighted by Crippen LogP contribution is -2.35. The first-order valence-corrected chi connectivity index (χ1v) is 9.23. The molecule has 0 aromatic carbocycles. The van der Waals surface area contributed by atoms with Crippen LogP contribution >= 0.6 is 0 Å². The van der Waals surface area contributed by atoms with E-state index in [2.05, 4.69) is 20.8 Å². The van der Waals surface area contributed by atoms with Gasteiger partial charge in [-0.15, -0.1) is 0 Å². The Labute approximate surface area is 127 Å². The third kappa shape index (κ3) is 7.11. The molecule has 1 nitrogen and oxygen atoms in total. The van der Waals surface area contributed by atoms with Crippen molar-refractivity contribution in [3.8, 4) is 0 Å². The first-order valence-electron chi connectivity index (χ1n) is 9.23. The Morgan fingerprint density at radius 2 is 1.55 bits per heavy atom. The van der Waals surface area contributed by atoms with E-state index in [0.717, 1.165) is 12.3 Å². The molecule has 1 aliphatic rings. The summed E-state index contributed by atoms with van der Waals surface area (Å²) in [5, 5.41) is 10.2. The fraction of sp³-hybridized carbons (Fsp3) is 1.00. The Morgan fingerprint density at radius 1 is 0.950 bits per heavy atom. The maximum atomic E-state index is 10.2. The Morgan fingerprint density at radius 3 is 2.15 bits per heavy atom. The van der Waals surface area contributed by atoms with Crippen molar-refractivity contribution in [3.05, 3.63) is 0 Å². The van der Waals surface area contributed by atoms with E-state index in [-0.39, 0.29) is 11.5 Å². The molecule has 0 aromatic rings. The maximum absolute atomic E-state index is 10.2. The lowest BCUT2D eigenvalue weighted by molar-refractivity contribution is -0.00659. The van der Waals surface area contributed by atoms with Crippen molar-refractivity contribution in [3.63, 3.8) is 0 Å². The molecule has 20 heavy (non-hydrogen) atoms. The summed E-state index contributed by atoms with van der Waals surface area (Å²) in [6, 6.07) is 0. The van der Waals surface area contributed by atoms with Gasteiger partial charge >= 0.3 is 0 Å². The van der Waals surface area contributed by atoms with Crippen molar-refractivity contribution < 1.29 is 5.11 Å². The average Bonchev–Trinajstić information content (AvgIpc) is 2.40. The highest BCUT2D eigenvalue weighted by Crippen LogP contribution is 2.40. The van der Waals surface area contributed by atoms with Gasteiger partial charge in [0.1, 0.15) is 0 Å². The largest absolute Gasteiger partial charge is 0.393 e. The van der Waals surface area contributed by atoms with Crippen LogP contribution in [0.25, 0.3) is 0 Å². The molecular formula is C19H38O. The Balaban J connectivity index is 1.94. The monoisotopic (exact) mass is 282 g/mol. The van der Waals surface area contributed by atoms with Gasteiger partial charge in [0.2, 0.25) is 0 Å². The van der Waals surface area contributed by atoms with Crippen LogP contribution in [0, 0.1) is 11.3 Å². The van der Waals surface area contributed by atoms with Crippen molar-refractivity contribution in [2.75, 3.05) is 0 Å². The first-order chi connectivity index (χ1) is 9.54. The molecule has 120 valence electrons. The number of rotatable bonds is 10. The zero-order valence-electron chi connectivity index (χ0n) is 14.3.